The molecule has 32 heavy (non-hydrogen) atoms. The van der Waals surface area contributed by atoms with Crippen LogP contribution in [0.5, 0.6) is 11.5 Å². The second kappa shape index (κ2) is 10.6. The molecule has 0 amide bonds. The first kappa shape index (κ1) is 23.7. The van der Waals surface area contributed by atoms with E-state index in [2.05, 4.69) is 5.10 Å². The fraction of sp³-hybridized carbons (Fsp3) is 0.333. The summed E-state index contributed by atoms with van der Waals surface area (Å²) < 4.78 is 41.3. The fourth-order valence-electron chi connectivity index (χ4n) is 3.30. The number of nitrogens with zero attached hydrogens (tertiary/aromatic N) is 2. The van der Waals surface area contributed by atoms with Crippen LogP contribution in [0.15, 0.2) is 52.5 Å². The predicted octanol–water partition coefficient (Wildman–Crippen LogP) is 2.89. The van der Waals surface area contributed by atoms with E-state index in [0.29, 0.717) is 12.4 Å². The van der Waals surface area contributed by atoms with Gasteiger partial charge in [-0.1, -0.05) is 23.7 Å². The third kappa shape index (κ3) is 6.04. The van der Waals surface area contributed by atoms with E-state index < -0.39 is 16.1 Å². The van der Waals surface area contributed by atoms with Crippen LogP contribution in [-0.2, 0) is 14.9 Å². The summed E-state index contributed by atoms with van der Waals surface area (Å²) in [5.41, 5.74) is 0.100. The monoisotopic (exact) mass is 481 g/mol. The summed E-state index contributed by atoms with van der Waals surface area (Å²) in [6, 6.07) is 10.1. The number of hydrogen-bond donors (Lipinski definition) is 1. The SMILES string of the molecule is COC(=O)c1cc(OCC2CCN(C=NN)CC2)cc(OS(=O)(=O)c2ccccc2Cl)c1. The molecule has 0 bridgehead atoms. The van der Waals surface area contributed by atoms with E-state index in [1.165, 1.54) is 43.5 Å². The molecular weight excluding hydrogens is 458 g/mol. The van der Waals surface area contributed by atoms with Gasteiger partial charge in [-0.05, 0) is 43.0 Å². The molecule has 3 rings (SSSR count). The molecule has 0 spiro atoms. The van der Waals surface area contributed by atoms with Crippen LogP contribution in [-0.4, -0.2) is 52.4 Å². The standard InChI is InChI=1S/C21H24ClN3O6S/c1-29-21(26)16-10-17(30-13-15-6-8-25(9-7-15)14-24-23)12-18(11-16)31-32(27,28)20-5-3-2-4-19(20)22/h2-5,10-12,14-15H,6-9,13,23H2,1H3. The summed E-state index contributed by atoms with van der Waals surface area (Å²) in [4.78, 5) is 13.9. The third-order valence-electron chi connectivity index (χ3n) is 4.98. The number of hydrazone groups is 1. The van der Waals surface area contributed by atoms with Gasteiger partial charge in [-0.15, -0.1) is 0 Å². The molecule has 1 saturated heterocycles. The van der Waals surface area contributed by atoms with Gasteiger partial charge >= 0.3 is 16.1 Å². The summed E-state index contributed by atoms with van der Waals surface area (Å²) in [7, 11) is -2.99. The average molecular weight is 482 g/mol. The summed E-state index contributed by atoms with van der Waals surface area (Å²) >= 11 is 6.00. The summed E-state index contributed by atoms with van der Waals surface area (Å²) in [5, 5.41) is 3.56. The Morgan fingerprint density at radius 3 is 2.56 bits per heavy atom. The van der Waals surface area contributed by atoms with Gasteiger partial charge in [0.05, 0.1) is 24.3 Å². The number of benzene rings is 2. The molecule has 0 unspecified atom stereocenters. The van der Waals surface area contributed by atoms with Gasteiger partial charge in [0.1, 0.15) is 22.7 Å². The maximum Gasteiger partial charge on any atom is 0.340 e. The van der Waals surface area contributed by atoms with Crippen molar-refractivity contribution in [2.45, 2.75) is 17.7 Å². The maximum atomic E-state index is 12.7. The van der Waals surface area contributed by atoms with Crippen LogP contribution in [0.25, 0.3) is 0 Å². The zero-order valence-electron chi connectivity index (χ0n) is 17.4. The lowest BCUT2D eigenvalue weighted by molar-refractivity contribution is 0.0599. The smallest absolute Gasteiger partial charge is 0.340 e. The number of carbonyl (C=O) groups excluding carboxylic acids is 1. The first-order chi connectivity index (χ1) is 15.3. The predicted molar refractivity (Wildman–Crippen MR) is 120 cm³/mol. The van der Waals surface area contributed by atoms with Gasteiger partial charge in [-0.25, -0.2) is 4.79 Å². The van der Waals surface area contributed by atoms with E-state index >= 15 is 0 Å². The Morgan fingerprint density at radius 2 is 1.91 bits per heavy atom. The van der Waals surface area contributed by atoms with E-state index in [9.17, 15) is 13.2 Å². The van der Waals surface area contributed by atoms with Crippen LogP contribution in [0.3, 0.4) is 0 Å². The maximum absolute atomic E-state index is 12.7. The van der Waals surface area contributed by atoms with E-state index in [1.54, 1.807) is 12.4 Å². The van der Waals surface area contributed by atoms with Crippen LogP contribution >= 0.6 is 11.6 Å². The highest BCUT2D eigenvalue weighted by molar-refractivity contribution is 7.87. The molecular formula is C21H24ClN3O6S. The van der Waals surface area contributed by atoms with Gasteiger partial charge < -0.3 is 24.4 Å². The van der Waals surface area contributed by atoms with Crippen molar-refractivity contribution >= 4 is 34.0 Å². The Kier molecular flexibility index (Phi) is 7.81. The van der Waals surface area contributed by atoms with Crippen molar-refractivity contribution in [1.82, 2.24) is 4.90 Å². The van der Waals surface area contributed by atoms with Crippen molar-refractivity contribution in [3.05, 3.63) is 53.1 Å². The molecule has 0 aromatic heterocycles. The zero-order chi connectivity index (χ0) is 23.1. The lowest BCUT2D eigenvalue weighted by Crippen LogP contribution is -2.34. The molecule has 9 nitrogen and oxygen atoms in total. The van der Waals surface area contributed by atoms with Crippen LogP contribution < -0.4 is 14.8 Å². The Bertz CT molecular complexity index is 1080. The lowest BCUT2D eigenvalue weighted by atomic mass is 9.98. The van der Waals surface area contributed by atoms with Gasteiger partial charge in [0.2, 0.25) is 0 Å². The summed E-state index contributed by atoms with van der Waals surface area (Å²) in [6.45, 7) is 2.01. The largest absolute Gasteiger partial charge is 0.493 e. The van der Waals surface area contributed by atoms with Crippen molar-refractivity contribution in [3.63, 3.8) is 0 Å². The highest BCUT2D eigenvalue weighted by Gasteiger charge is 2.22. The van der Waals surface area contributed by atoms with Gasteiger partial charge in [0, 0.05) is 19.2 Å². The molecule has 0 radical (unpaired) electrons. The summed E-state index contributed by atoms with van der Waals surface area (Å²) in [6.07, 6.45) is 3.37. The molecule has 2 aromatic rings. The zero-order valence-corrected chi connectivity index (χ0v) is 19.0. The number of halogens is 1. The number of methoxy groups -OCH3 is 1. The Hall–Kier alpha value is -2.98. The molecule has 2 N–H and O–H groups in total. The molecule has 1 aliphatic heterocycles. The quantitative estimate of drug-likeness (QED) is 0.152. The minimum absolute atomic E-state index is 0.0270. The molecule has 1 fully saturated rings. The number of likely N-dealkylation sites (tertiary alicyclic amines) is 1. The number of ether oxygens (including phenoxy) is 2. The van der Waals surface area contributed by atoms with Crippen molar-refractivity contribution in [2.75, 3.05) is 26.8 Å². The Balaban J connectivity index is 1.77. The molecule has 11 heteroatoms. The van der Waals surface area contributed by atoms with Gasteiger partial charge in [-0.3, -0.25) is 0 Å². The van der Waals surface area contributed by atoms with Gasteiger partial charge in [0.15, 0.2) is 0 Å². The van der Waals surface area contributed by atoms with Crippen molar-refractivity contribution in [2.24, 2.45) is 16.9 Å². The molecule has 1 aliphatic rings. The second-order valence-corrected chi connectivity index (χ2v) is 9.13. The van der Waals surface area contributed by atoms with Gasteiger partial charge in [0.25, 0.3) is 0 Å². The Labute approximate surface area is 191 Å². The van der Waals surface area contributed by atoms with Crippen molar-refractivity contribution < 1.29 is 26.9 Å². The van der Waals surface area contributed by atoms with E-state index in [0.717, 1.165) is 25.9 Å². The number of esters is 1. The second-order valence-electron chi connectivity index (χ2n) is 7.21. The fourth-order valence-corrected chi connectivity index (χ4v) is 4.71. The summed E-state index contributed by atoms with van der Waals surface area (Å²) in [5.74, 6) is 5.03. The van der Waals surface area contributed by atoms with Crippen LogP contribution in [0.4, 0.5) is 0 Å². The van der Waals surface area contributed by atoms with Crippen LogP contribution in [0.1, 0.15) is 23.2 Å². The normalized spacial score (nSPS) is 15.0. The lowest BCUT2D eigenvalue weighted by Gasteiger charge is -2.30. The number of rotatable bonds is 8. The molecule has 2 aromatic carbocycles. The van der Waals surface area contributed by atoms with E-state index in [1.807, 2.05) is 4.90 Å². The molecule has 0 atom stereocenters. The van der Waals surface area contributed by atoms with Crippen LogP contribution in [0, 0.1) is 5.92 Å². The third-order valence-corrected chi connectivity index (χ3v) is 6.73. The average Bonchev–Trinajstić information content (AvgIpc) is 2.78. The van der Waals surface area contributed by atoms with Gasteiger partial charge in [-0.2, -0.15) is 13.5 Å². The van der Waals surface area contributed by atoms with Crippen molar-refractivity contribution in [1.29, 1.82) is 0 Å². The van der Waals surface area contributed by atoms with Crippen molar-refractivity contribution in [3.8, 4) is 11.5 Å². The number of hydrogen-bond acceptors (Lipinski definition) is 8. The number of piperidine rings is 1. The minimum atomic E-state index is -4.22. The molecule has 1 heterocycles. The first-order valence-electron chi connectivity index (χ1n) is 9.85. The topological polar surface area (TPSA) is 121 Å². The van der Waals surface area contributed by atoms with Crippen LogP contribution in [0.2, 0.25) is 5.02 Å². The highest BCUT2D eigenvalue weighted by Crippen LogP contribution is 2.29. The molecule has 0 aliphatic carbocycles. The Morgan fingerprint density at radius 1 is 1.22 bits per heavy atom. The number of nitrogens with two attached hydrogens (primary N) is 1. The number of carbonyl (C=O) groups is 1. The van der Waals surface area contributed by atoms with E-state index in [-0.39, 0.29) is 27.1 Å². The molecule has 172 valence electrons. The highest BCUT2D eigenvalue weighted by atomic mass is 35.5. The van der Waals surface area contributed by atoms with E-state index in [4.69, 9.17) is 31.1 Å². The molecule has 0 saturated carbocycles. The minimum Gasteiger partial charge on any atom is -0.493 e. The first-order valence-corrected chi connectivity index (χ1v) is 11.6.